The zero-order valence-electron chi connectivity index (χ0n) is 15.8. The highest BCUT2D eigenvalue weighted by atomic mass is 35.5. The molecular weight excluding hydrogens is 393 g/mol. The van der Waals surface area contributed by atoms with Crippen molar-refractivity contribution in [2.24, 2.45) is 5.92 Å². The summed E-state index contributed by atoms with van der Waals surface area (Å²) in [4.78, 5) is 14.4. The molecule has 9 heteroatoms. The maximum Gasteiger partial charge on any atom is 0.434 e. The lowest BCUT2D eigenvalue weighted by atomic mass is 9.97. The van der Waals surface area contributed by atoms with Crippen molar-refractivity contribution in [3.05, 3.63) is 47.3 Å². The maximum absolute atomic E-state index is 13.8. The minimum Gasteiger partial charge on any atom is -0.338 e. The van der Waals surface area contributed by atoms with Crippen LogP contribution in [0.4, 0.5) is 13.2 Å². The molecule has 0 radical (unpaired) electrons. The molecule has 1 aromatic heterocycles. The lowest BCUT2D eigenvalue weighted by molar-refractivity contribution is -0.143. The summed E-state index contributed by atoms with van der Waals surface area (Å²) in [6, 6.07) is 6.68. The van der Waals surface area contributed by atoms with Gasteiger partial charge in [0.25, 0.3) is 5.91 Å². The van der Waals surface area contributed by atoms with Gasteiger partial charge >= 0.3 is 6.18 Å². The molecule has 1 aromatic carbocycles. The number of amides is 1. The van der Waals surface area contributed by atoms with Crippen molar-refractivity contribution in [1.29, 1.82) is 0 Å². The summed E-state index contributed by atoms with van der Waals surface area (Å²) in [5.41, 5.74) is -0.443. The summed E-state index contributed by atoms with van der Waals surface area (Å²) in [7, 11) is 1.83. The number of hydrogen-bond donors (Lipinski definition) is 1. The first-order valence-electron chi connectivity index (χ1n) is 8.98. The van der Waals surface area contributed by atoms with E-state index in [9.17, 15) is 18.0 Å². The molecule has 2 heterocycles. The number of aromatic nitrogens is 2. The molecule has 28 heavy (non-hydrogen) atoms. The Morgan fingerprint density at radius 1 is 1.32 bits per heavy atom. The van der Waals surface area contributed by atoms with Gasteiger partial charge < -0.3 is 10.2 Å². The minimum atomic E-state index is -4.69. The number of nitrogens with one attached hydrogen (secondary N) is 1. The summed E-state index contributed by atoms with van der Waals surface area (Å²) < 4.78 is 42.4. The Morgan fingerprint density at radius 3 is 2.68 bits per heavy atom. The average molecular weight is 417 g/mol. The second-order valence-electron chi connectivity index (χ2n) is 6.92. The van der Waals surface area contributed by atoms with E-state index in [4.69, 9.17) is 0 Å². The van der Waals surface area contributed by atoms with Crippen molar-refractivity contribution in [3.63, 3.8) is 0 Å². The van der Waals surface area contributed by atoms with Crippen molar-refractivity contribution >= 4 is 18.3 Å². The van der Waals surface area contributed by atoms with Crippen LogP contribution in [0.2, 0.25) is 0 Å². The molecule has 154 valence electrons. The van der Waals surface area contributed by atoms with Crippen molar-refractivity contribution in [2.45, 2.75) is 25.9 Å². The number of nitrogens with zero attached hydrogens (tertiary/aromatic N) is 3. The SMILES string of the molecule is CNCC1CCCN(C(=O)c2cnn(-c3ccccc3C)c2C(F)(F)F)C1.Cl. The van der Waals surface area contributed by atoms with E-state index in [0.29, 0.717) is 24.3 Å². The molecule has 1 N–H and O–H groups in total. The zero-order valence-corrected chi connectivity index (χ0v) is 16.6. The van der Waals surface area contributed by atoms with Crippen molar-refractivity contribution < 1.29 is 18.0 Å². The van der Waals surface area contributed by atoms with Gasteiger partial charge in [0.05, 0.1) is 17.4 Å². The Balaban J connectivity index is 0.00000280. The molecule has 1 atom stereocenters. The molecule has 0 saturated carbocycles. The van der Waals surface area contributed by atoms with E-state index < -0.39 is 23.3 Å². The molecule has 1 unspecified atom stereocenters. The number of benzene rings is 1. The summed E-state index contributed by atoms with van der Waals surface area (Å²) >= 11 is 0. The highest BCUT2D eigenvalue weighted by Crippen LogP contribution is 2.35. The van der Waals surface area contributed by atoms with E-state index in [1.165, 1.54) is 4.90 Å². The predicted octanol–water partition coefficient (Wildman–Crippen LogP) is 3.69. The molecule has 1 fully saturated rings. The fourth-order valence-corrected chi connectivity index (χ4v) is 3.64. The van der Waals surface area contributed by atoms with Crippen LogP contribution >= 0.6 is 12.4 Å². The van der Waals surface area contributed by atoms with E-state index in [-0.39, 0.29) is 18.3 Å². The zero-order chi connectivity index (χ0) is 19.6. The van der Waals surface area contributed by atoms with Crippen LogP contribution in [0.1, 0.15) is 34.5 Å². The molecule has 1 saturated heterocycles. The predicted molar refractivity (Wildman–Crippen MR) is 103 cm³/mol. The number of para-hydroxylation sites is 1. The number of likely N-dealkylation sites (tertiary alicyclic amines) is 1. The Kier molecular flexibility index (Phi) is 7.11. The Labute approximate surface area is 168 Å². The summed E-state index contributed by atoms with van der Waals surface area (Å²) in [5.74, 6) is -0.364. The van der Waals surface area contributed by atoms with Crippen LogP contribution in [0.15, 0.2) is 30.5 Å². The van der Waals surface area contributed by atoms with Gasteiger partial charge in [-0.15, -0.1) is 12.4 Å². The van der Waals surface area contributed by atoms with Crippen molar-refractivity contribution in [2.75, 3.05) is 26.7 Å². The largest absolute Gasteiger partial charge is 0.434 e. The molecule has 1 aliphatic heterocycles. The van der Waals surface area contributed by atoms with Crippen LogP contribution in [0, 0.1) is 12.8 Å². The van der Waals surface area contributed by atoms with Gasteiger partial charge in [-0.05, 0) is 50.9 Å². The lowest BCUT2D eigenvalue weighted by Gasteiger charge is -2.32. The van der Waals surface area contributed by atoms with Crippen LogP contribution < -0.4 is 5.32 Å². The molecule has 3 rings (SSSR count). The normalized spacial score (nSPS) is 17.3. The topological polar surface area (TPSA) is 50.2 Å². The molecular formula is C19H24ClF3N4O. The third-order valence-electron chi connectivity index (χ3n) is 4.91. The summed E-state index contributed by atoms with van der Waals surface area (Å²) in [6.45, 7) is 3.36. The minimum absolute atomic E-state index is 0. The van der Waals surface area contributed by atoms with Crippen LogP contribution in [-0.4, -0.2) is 47.3 Å². The summed E-state index contributed by atoms with van der Waals surface area (Å²) in [5, 5.41) is 6.99. The number of halogens is 4. The molecule has 2 aromatic rings. The fourth-order valence-electron chi connectivity index (χ4n) is 3.64. The number of aryl methyl sites for hydroxylation is 1. The van der Waals surface area contributed by atoms with E-state index in [1.807, 2.05) is 7.05 Å². The van der Waals surface area contributed by atoms with E-state index >= 15 is 0 Å². The second-order valence-corrected chi connectivity index (χ2v) is 6.92. The van der Waals surface area contributed by atoms with Gasteiger partial charge in [0, 0.05) is 13.1 Å². The van der Waals surface area contributed by atoms with E-state index in [2.05, 4.69) is 10.4 Å². The monoisotopic (exact) mass is 416 g/mol. The molecule has 0 aliphatic carbocycles. The first-order chi connectivity index (χ1) is 12.8. The Hall–Kier alpha value is -2.06. The van der Waals surface area contributed by atoms with Crippen molar-refractivity contribution in [3.8, 4) is 5.69 Å². The van der Waals surface area contributed by atoms with Gasteiger partial charge in [-0.3, -0.25) is 4.79 Å². The molecule has 1 amide bonds. The number of carbonyl (C=O) groups is 1. The number of hydrogen-bond acceptors (Lipinski definition) is 3. The average Bonchev–Trinajstić information content (AvgIpc) is 3.07. The van der Waals surface area contributed by atoms with Gasteiger partial charge in [-0.25, -0.2) is 4.68 Å². The quantitative estimate of drug-likeness (QED) is 0.827. The van der Waals surface area contributed by atoms with Crippen LogP contribution in [0.3, 0.4) is 0 Å². The Bertz CT molecular complexity index is 820. The molecule has 0 bridgehead atoms. The lowest BCUT2D eigenvalue weighted by Crippen LogP contribution is -2.43. The molecule has 1 aliphatic rings. The number of carbonyl (C=O) groups excluding carboxylic acids is 1. The van der Waals surface area contributed by atoms with Gasteiger partial charge in [0.2, 0.25) is 0 Å². The van der Waals surface area contributed by atoms with Crippen LogP contribution in [0.25, 0.3) is 5.69 Å². The second kappa shape index (κ2) is 8.96. The first-order valence-corrected chi connectivity index (χ1v) is 8.98. The van der Waals surface area contributed by atoms with Crippen LogP contribution in [0.5, 0.6) is 0 Å². The standard InChI is InChI=1S/C19H23F3N4O.ClH/c1-13-6-3-4-8-16(13)26-17(19(20,21)22)15(11-24-26)18(27)25-9-5-7-14(12-25)10-23-2;/h3-4,6,8,11,14,23H,5,7,9-10,12H2,1-2H3;1H. The van der Waals surface area contributed by atoms with Crippen LogP contribution in [-0.2, 0) is 6.18 Å². The fraction of sp³-hybridized carbons (Fsp3) is 0.474. The van der Waals surface area contributed by atoms with Gasteiger partial charge in [0.1, 0.15) is 0 Å². The van der Waals surface area contributed by atoms with Gasteiger partial charge in [-0.2, -0.15) is 18.3 Å². The smallest absolute Gasteiger partial charge is 0.338 e. The highest BCUT2D eigenvalue weighted by molar-refractivity contribution is 5.95. The van der Waals surface area contributed by atoms with E-state index in [0.717, 1.165) is 30.3 Å². The number of alkyl halides is 3. The third-order valence-corrected chi connectivity index (χ3v) is 4.91. The van der Waals surface area contributed by atoms with Crippen molar-refractivity contribution in [1.82, 2.24) is 20.0 Å². The molecule has 5 nitrogen and oxygen atoms in total. The summed E-state index contributed by atoms with van der Waals surface area (Å²) in [6.07, 6.45) is -1.91. The number of rotatable bonds is 4. The number of piperidine rings is 1. The Morgan fingerprint density at radius 2 is 2.04 bits per heavy atom. The third kappa shape index (κ3) is 4.50. The van der Waals surface area contributed by atoms with E-state index in [1.54, 1.807) is 31.2 Å². The highest BCUT2D eigenvalue weighted by Gasteiger charge is 2.42. The van der Waals surface area contributed by atoms with Gasteiger partial charge in [-0.1, -0.05) is 18.2 Å². The first kappa shape index (κ1) is 22.2. The molecule has 0 spiro atoms. The maximum atomic E-state index is 13.8. The van der Waals surface area contributed by atoms with Gasteiger partial charge in [0.15, 0.2) is 5.69 Å².